The summed E-state index contributed by atoms with van der Waals surface area (Å²) in [6.07, 6.45) is 6.13. The Kier molecular flexibility index (Phi) is 9.18. The molecule has 0 spiro atoms. The number of aryl methyl sites for hydroxylation is 2. The SMILES string of the molecule is CCCCCCOc1cc(C)ccc1CNC(=O)c1cn(CC)c(=O)c2cc(OC)c(OC)cc12. The summed E-state index contributed by atoms with van der Waals surface area (Å²) in [7, 11) is 3.04. The van der Waals surface area contributed by atoms with Gasteiger partial charge < -0.3 is 24.1 Å². The molecule has 0 aliphatic heterocycles. The lowest BCUT2D eigenvalue weighted by Crippen LogP contribution is -2.27. The molecule has 1 N–H and O–H groups in total. The number of unbranched alkanes of at least 4 members (excludes halogenated alkanes) is 3. The highest BCUT2D eigenvalue weighted by molar-refractivity contribution is 6.07. The third kappa shape index (κ3) is 6.15. The summed E-state index contributed by atoms with van der Waals surface area (Å²) >= 11 is 0. The van der Waals surface area contributed by atoms with Gasteiger partial charge in [0.05, 0.1) is 31.8 Å². The zero-order chi connectivity index (χ0) is 25.4. The van der Waals surface area contributed by atoms with Gasteiger partial charge in [-0.15, -0.1) is 0 Å². The van der Waals surface area contributed by atoms with Crippen molar-refractivity contribution >= 4 is 16.7 Å². The maximum absolute atomic E-state index is 13.3. The van der Waals surface area contributed by atoms with Gasteiger partial charge in [0, 0.05) is 30.2 Å². The van der Waals surface area contributed by atoms with Crippen molar-refractivity contribution in [1.29, 1.82) is 0 Å². The fourth-order valence-corrected chi connectivity index (χ4v) is 4.06. The predicted molar refractivity (Wildman–Crippen MR) is 139 cm³/mol. The Hall–Kier alpha value is -3.48. The van der Waals surface area contributed by atoms with E-state index in [1.165, 1.54) is 31.6 Å². The van der Waals surface area contributed by atoms with Crippen molar-refractivity contribution in [3.05, 3.63) is 63.6 Å². The first-order chi connectivity index (χ1) is 16.9. The fourth-order valence-electron chi connectivity index (χ4n) is 4.06. The van der Waals surface area contributed by atoms with Gasteiger partial charge in [0.2, 0.25) is 0 Å². The van der Waals surface area contributed by atoms with Gasteiger partial charge in [-0.25, -0.2) is 0 Å². The molecule has 7 heteroatoms. The lowest BCUT2D eigenvalue weighted by molar-refractivity contribution is 0.0951. The van der Waals surface area contributed by atoms with Gasteiger partial charge in [-0.3, -0.25) is 9.59 Å². The van der Waals surface area contributed by atoms with Crippen LogP contribution >= 0.6 is 0 Å². The van der Waals surface area contributed by atoms with Crippen molar-refractivity contribution in [2.24, 2.45) is 0 Å². The van der Waals surface area contributed by atoms with Crippen molar-refractivity contribution in [3.8, 4) is 17.2 Å². The predicted octanol–water partition coefficient (Wildman–Crippen LogP) is 5.24. The molecule has 0 fully saturated rings. The van der Waals surface area contributed by atoms with E-state index in [4.69, 9.17) is 14.2 Å². The summed E-state index contributed by atoms with van der Waals surface area (Å²) in [5.74, 6) is 1.41. The summed E-state index contributed by atoms with van der Waals surface area (Å²) in [6, 6.07) is 9.31. The molecule has 0 aliphatic carbocycles. The monoisotopic (exact) mass is 480 g/mol. The van der Waals surface area contributed by atoms with Crippen LogP contribution < -0.4 is 25.1 Å². The fraction of sp³-hybridized carbons (Fsp3) is 0.429. The zero-order valence-corrected chi connectivity index (χ0v) is 21.4. The van der Waals surface area contributed by atoms with Crippen molar-refractivity contribution in [3.63, 3.8) is 0 Å². The zero-order valence-electron chi connectivity index (χ0n) is 21.4. The van der Waals surface area contributed by atoms with E-state index in [-0.39, 0.29) is 11.5 Å². The lowest BCUT2D eigenvalue weighted by atomic mass is 10.0. The third-order valence-corrected chi connectivity index (χ3v) is 6.09. The molecule has 0 bridgehead atoms. The smallest absolute Gasteiger partial charge is 0.258 e. The van der Waals surface area contributed by atoms with Gasteiger partial charge in [0.25, 0.3) is 11.5 Å². The molecule has 1 aromatic heterocycles. The Bertz CT molecular complexity index is 1230. The van der Waals surface area contributed by atoms with Gasteiger partial charge in [0.1, 0.15) is 5.75 Å². The van der Waals surface area contributed by atoms with Gasteiger partial charge in [-0.05, 0) is 44.0 Å². The number of aromatic nitrogens is 1. The van der Waals surface area contributed by atoms with Crippen LogP contribution in [-0.4, -0.2) is 31.3 Å². The second-order valence-electron chi connectivity index (χ2n) is 8.59. The molecule has 3 rings (SSSR count). The first-order valence-corrected chi connectivity index (χ1v) is 12.2. The van der Waals surface area contributed by atoms with Crippen LogP contribution in [0.2, 0.25) is 0 Å². The number of nitrogens with one attached hydrogen (secondary N) is 1. The minimum absolute atomic E-state index is 0.183. The number of carbonyl (C=O) groups excluding carboxylic acids is 1. The molecule has 1 amide bonds. The number of ether oxygens (including phenoxy) is 3. The molecule has 2 aromatic carbocycles. The van der Waals surface area contributed by atoms with E-state index >= 15 is 0 Å². The summed E-state index contributed by atoms with van der Waals surface area (Å²) < 4.78 is 18.4. The normalized spacial score (nSPS) is 10.9. The number of fused-ring (bicyclic) bond motifs is 1. The van der Waals surface area contributed by atoms with Crippen molar-refractivity contribution < 1.29 is 19.0 Å². The van der Waals surface area contributed by atoms with Crippen LogP contribution in [-0.2, 0) is 13.1 Å². The van der Waals surface area contributed by atoms with Crippen LogP contribution in [0.15, 0.2) is 41.3 Å². The molecule has 0 unspecified atom stereocenters. The van der Waals surface area contributed by atoms with Crippen LogP contribution in [0, 0.1) is 6.92 Å². The van der Waals surface area contributed by atoms with Gasteiger partial charge >= 0.3 is 0 Å². The molecular weight excluding hydrogens is 444 g/mol. The van der Waals surface area contributed by atoms with E-state index in [1.807, 2.05) is 32.0 Å². The molecule has 1 heterocycles. The van der Waals surface area contributed by atoms with Crippen molar-refractivity contribution in [2.75, 3.05) is 20.8 Å². The molecule has 0 aliphatic rings. The number of benzene rings is 2. The minimum Gasteiger partial charge on any atom is -0.493 e. The average Bonchev–Trinajstić information content (AvgIpc) is 2.87. The van der Waals surface area contributed by atoms with Crippen LogP contribution in [0.4, 0.5) is 0 Å². The molecule has 0 saturated heterocycles. The molecule has 0 saturated carbocycles. The van der Waals surface area contributed by atoms with Crippen LogP contribution in [0.1, 0.15) is 61.0 Å². The van der Waals surface area contributed by atoms with E-state index in [0.29, 0.717) is 47.5 Å². The molecule has 7 nitrogen and oxygen atoms in total. The maximum Gasteiger partial charge on any atom is 0.258 e. The van der Waals surface area contributed by atoms with Crippen LogP contribution in [0.3, 0.4) is 0 Å². The highest BCUT2D eigenvalue weighted by Crippen LogP contribution is 2.32. The molecular formula is C28H36N2O5. The average molecular weight is 481 g/mol. The Balaban J connectivity index is 1.88. The van der Waals surface area contributed by atoms with Crippen LogP contribution in [0.5, 0.6) is 17.2 Å². The largest absolute Gasteiger partial charge is 0.493 e. The number of pyridine rings is 1. The Labute approximate surface area is 207 Å². The number of amides is 1. The number of hydrogen-bond donors (Lipinski definition) is 1. The van der Waals surface area contributed by atoms with Gasteiger partial charge in [0.15, 0.2) is 11.5 Å². The number of nitrogens with zero attached hydrogens (tertiary/aromatic N) is 1. The summed E-state index contributed by atoms with van der Waals surface area (Å²) in [6.45, 7) is 7.48. The number of hydrogen-bond acceptors (Lipinski definition) is 5. The highest BCUT2D eigenvalue weighted by Gasteiger charge is 2.18. The van der Waals surface area contributed by atoms with Gasteiger partial charge in [-0.2, -0.15) is 0 Å². The van der Waals surface area contributed by atoms with Gasteiger partial charge in [-0.1, -0.05) is 38.3 Å². The third-order valence-electron chi connectivity index (χ3n) is 6.09. The second-order valence-corrected chi connectivity index (χ2v) is 8.59. The number of rotatable bonds is 12. The van der Waals surface area contributed by atoms with E-state index < -0.39 is 0 Å². The summed E-state index contributed by atoms with van der Waals surface area (Å²) in [4.78, 5) is 26.3. The lowest BCUT2D eigenvalue weighted by Gasteiger charge is -2.16. The quantitative estimate of drug-likeness (QED) is 0.359. The van der Waals surface area contributed by atoms with Crippen molar-refractivity contribution in [1.82, 2.24) is 9.88 Å². The topological polar surface area (TPSA) is 78.8 Å². The van der Waals surface area contributed by atoms with E-state index in [9.17, 15) is 9.59 Å². The Morgan fingerprint density at radius 3 is 2.31 bits per heavy atom. The first-order valence-electron chi connectivity index (χ1n) is 12.2. The second kappa shape index (κ2) is 12.3. The maximum atomic E-state index is 13.3. The van der Waals surface area contributed by atoms with E-state index in [1.54, 1.807) is 18.3 Å². The van der Waals surface area contributed by atoms with Crippen LogP contribution in [0.25, 0.3) is 10.8 Å². The first kappa shape index (κ1) is 26.1. The standard InChI is InChI=1S/C28H36N2O5/c1-6-8-9-10-13-35-24-14-19(3)11-12-20(24)17-29-27(31)23-18-30(7-2)28(32)22-16-26(34-5)25(33-4)15-21(22)23/h11-12,14-16,18H,6-10,13,17H2,1-5H3,(H,29,31). The number of carbonyl (C=O) groups is 1. The van der Waals surface area contributed by atoms with Crippen molar-refractivity contribution in [2.45, 2.75) is 59.5 Å². The van der Waals surface area contributed by atoms with E-state index in [2.05, 4.69) is 12.2 Å². The Morgan fingerprint density at radius 1 is 0.943 bits per heavy atom. The highest BCUT2D eigenvalue weighted by atomic mass is 16.5. The summed E-state index contributed by atoms with van der Waals surface area (Å²) in [5, 5.41) is 3.93. The molecule has 3 aromatic rings. The number of methoxy groups -OCH3 is 2. The Morgan fingerprint density at radius 2 is 1.66 bits per heavy atom. The minimum atomic E-state index is -0.279. The molecule has 188 valence electrons. The molecule has 0 atom stereocenters. The summed E-state index contributed by atoms with van der Waals surface area (Å²) in [5.41, 5.74) is 2.23. The van der Waals surface area contributed by atoms with E-state index in [0.717, 1.165) is 29.7 Å². The molecule has 35 heavy (non-hydrogen) atoms. The molecule has 0 radical (unpaired) electrons.